The Morgan fingerprint density at radius 3 is 2.64 bits per heavy atom. The number of aryl methyl sites for hydroxylation is 2. The molecule has 0 saturated heterocycles. The van der Waals surface area contributed by atoms with Crippen molar-refractivity contribution in [1.82, 2.24) is 19.7 Å². The largest absolute Gasteiger partial charge is 0.418 e. The number of anilines is 1. The molecular weight excluding hydrogens is 455 g/mol. The second-order valence-electron chi connectivity index (χ2n) is 7.31. The lowest BCUT2D eigenvalue weighted by Gasteiger charge is -2.13. The number of rotatable bonds is 5. The van der Waals surface area contributed by atoms with E-state index in [-0.39, 0.29) is 22.0 Å². The third kappa shape index (κ3) is 4.77. The summed E-state index contributed by atoms with van der Waals surface area (Å²) >= 11 is 0.902. The van der Waals surface area contributed by atoms with Gasteiger partial charge in [-0.15, -0.1) is 0 Å². The van der Waals surface area contributed by atoms with Gasteiger partial charge in [0.25, 0.3) is 5.56 Å². The van der Waals surface area contributed by atoms with Crippen LogP contribution in [0.25, 0.3) is 16.7 Å². The minimum Gasteiger partial charge on any atom is -0.325 e. The number of amides is 1. The molecule has 0 unspecified atom stereocenters. The van der Waals surface area contributed by atoms with Crippen molar-refractivity contribution in [2.24, 2.45) is 0 Å². The molecular formula is C22H18F3N5O2S. The van der Waals surface area contributed by atoms with E-state index in [1.54, 1.807) is 0 Å². The zero-order valence-corrected chi connectivity index (χ0v) is 18.3. The van der Waals surface area contributed by atoms with E-state index in [0.29, 0.717) is 5.65 Å². The molecule has 2 aromatic heterocycles. The summed E-state index contributed by atoms with van der Waals surface area (Å²) < 4.78 is 40.9. The number of aromatic nitrogens is 4. The molecule has 4 rings (SSSR count). The first-order chi connectivity index (χ1) is 15.6. The van der Waals surface area contributed by atoms with Crippen LogP contribution in [0.3, 0.4) is 0 Å². The number of nitrogens with zero attached hydrogens (tertiary/aromatic N) is 3. The van der Waals surface area contributed by atoms with Crippen molar-refractivity contribution < 1.29 is 18.0 Å². The van der Waals surface area contributed by atoms with Gasteiger partial charge in [0.2, 0.25) is 5.91 Å². The van der Waals surface area contributed by atoms with Crippen LogP contribution in [0, 0.1) is 13.8 Å². The van der Waals surface area contributed by atoms with Crippen LogP contribution < -0.4 is 10.9 Å². The van der Waals surface area contributed by atoms with Gasteiger partial charge in [-0.05, 0) is 49.2 Å². The summed E-state index contributed by atoms with van der Waals surface area (Å²) in [5.41, 5.74) is 1.49. The van der Waals surface area contributed by atoms with Crippen molar-refractivity contribution >= 4 is 34.4 Å². The monoisotopic (exact) mass is 473 g/mol. The average Bonchev–Trinajstić information content (AvgIpc) is 3.18. The Balaban J connectivity index is 1.56. The highest BCUT2D eigenvalue weighted by Gasteiger charge is 2.33. The SMILES string of the molecule is Cc1ccc(-n2ncc3c(=O)[nH]c(SCC(=O)Nc4ccccc4C(F)(F)F)nc32)cc1C. The van der Waals surface area contributed by atoms with Crippen LogP contribution in [-0.2, 0) is 11.0 Å². The predicted molar refractivity (Wildman–Crippen MR) is 120 cm³/mol. The van der Waals surface area contributed by atoms with Gasteiger partial charge in [0.15, 0.2) is 10.8 Å². The first-order valence-corrected chi connectivity index (χ1v) is 10.8. The van der Waals surface area contributed by atoms with Gasteiger partial charge in [0, 0.05) is 0 Å². The number of carbonyl (C=O) groups is 1. The van der Waals surface area contributed by atoms with Crippen LogP contribution >= 0.6 is 11.8 Å². The number of nitrogens with one attached hydrogen (secondary N) is 2. The molecule has 33 heavy (non-hydrogen) atoms. The summed E-state index contributed by atoms with van der Waals surface area (Å²) in [4.78, 5) is 31.7. The van der Waals surface area contributed by atoms with Crippen molar-refractivity contribution in [3.8, 4) is 5.69 Å². The van der Waals surface area contributed by atoms with Crippen LogP contribution in [0.15, 0.2) is 58.6 Å². The first-order valence-electron chi connectivity index (χ1n) is 9.78. The Labute approximate surface area is 190 Å². The summed E-state index contributed by atoms with van der Waals surface area (Å²) in [5.74, 6) is -0.916. The number of hydrogen-bond donors (Lipinski definition) is 2. The topological polar surface area (TPSA) is 92.7 Å². The lowest BCUT2D eigenvalue weighted by molar-refractivity contribution is -0.137. The molecule has 0 aliphatic rings. The van der Waals surface area contributed by atoms with Gasteiger partial charge in [-0.3, -0.25) is 9.59 Å². The predicted octanol–water partition coefficient (Wildman–Crippen LogP) is 4.48. The number of hydrogen-bond acceptors (Lipinski definition) is 5. The number of para-hydroxylation sites is 1. The van der Waals surface area contributed by atoms with Crippen molar-refractivity contribution in [2.75, 3.05) is 11.1 Å². The summed E-state index contributed by atoms with van der Waals surface area (Å²) in [5, 5.41) is 6.96. The molecule has 1 amide bonds. The molecule has 7 nitrogen and oxygen atoms in total. The van der Waals surface area contributed by atoms with Gasteiger partial charge in [-0.1, -0.05) is 30.0 Å². The van der Waals surface area contributed by atoms with Gasteiger partial charge in [-0.25, -0.2) is 9.67 Å². The van der Waals surface area contributed by atoms with E-state index in [9.17, 15) is 22.8 Å². The third-order valence-electron chi connectivity index (χ3n) is 5.00. The van der Waals surface area contributed by atoms with Gasteiger partial charge < -0.3 is 10.3 Å². The number of fused-ring (bicyclic) bond motifs is 1. The normalized spacial score (nSPS) is 11.7. The Morgan fingerprint density at radius 1 is 1.15 bits per heavy atom. The van der Waals surface area contributed by atoms with Crippen LogP contribution in [-0.4, -0.2) is 31.4 Å². The lowest BCUT2D eigenvalue weighted by Crippen LogP contribution is -2.18. The second kappa shape index (κ2) is 8.74. The Morgan fingerprint density at radius 2 is 1.91 bits per heavy atom. The van der Waals surface area contributed by atoms with Crippen LogP contribution in [0.4, 0.5) is 18.9 Å². The number of halogens is 3. The summed E-state index contributed by atoms with van der Waals surface area (Å²) in [6.07, 6.45) is -3.19. The zero-order valence-electron chi connectivity index (χ0n) is 17.5. The molecule has 2 heterocycles. The van der Waals surface area contributed by atoms with Crippen molar-refractivity contribution in [2.45, 2.75) is 25.2 Å². The van der Waals surface area contributed by atoms with E-state index in [2.05, 4.69) is 20.4 Å². The first kappa shape index (κ1) is 22.6. The smallest absolute Gasteiger partial charge is 0.325 e. The van der Waals surface area contributed by atoms with Crippen LogP contribution in [0.2, 0.25) is 0 Å². The maximum Gasteiger partial charge on any atom is 0.418 e. The fraction of sp³-hybridized carbons (Fsp3) is 0.182. The number of aromatic amines is 1. The molecule has 0 radical (unpaired) electrons. The number of alkyl halides is 3. The molecule has 0 bridgehead atoms. The van der Waals surface area contributed by atoms with E-state index < -0.39 is 23.2 Å². The summed E-state index contributed by atoms with van der Waals surface area (Å²) in [7, 11) is 0. The van der Waals surface area contributed by atoms with Crippen LogP contribution in [0.1, 0.15) is 16.7 Å². The highest BCUT2D eigenvalue weighted by molar-refractivity contribution is 7.99. The average molecular weight is 473 g/mol. The Bertz CT molecular complexity index is 1410. The molecule has 170 valence electrons. The number of benzene rings is 2. The molecule has 0 aliphatic heterocycles. The maximum absolute atomic E-state index is 13.1. The van der Waals surface area contributed by atoms with Gasteiger partial charge >= 0.3 is 6.18 Å². The molecule has 0 aliphatic carbocycles. The van der Waals surface area contributed by atoms with Gasteiger partial charge in [-0.2, -0.15) is 18.3 Å². The van der Waals surface area contributed by atoms with Crippen molar-refractivity contribution in [1.29, 1.82) is 0 Å². The van der Waals surface area contributed by atoms with E-state index in [1.807, 2.05) is 32.0 Å². The Hall–Kier alpha value is -3.60. The van der Waals surface area contributed by atoms with E-state index in [0.717, 1.165) is 34.6 Å². The van der Waals surface area contributed by atoms with E-state index >= 15 is 0 Å². The number of carbonyl (C=O) groups excluding carboxylic acids is 1. The fourth-order valence-electron chi connectivity index (χ4n) is 3.17. The van der Waals surface area contributed by atoms with Gasteiger partial charge in [0.1, 0.15) is 5.39 Å². The lowest BCUT2D eigenvalue weighted by atomic mass is 10.1. The second-order valence-corrected chi connectivity index (χ2v) is 8.28. The number of H-pyrrole nitrogens is 1. The summed E-state index contributed by atoms with van der Waals surface area (Å²) in [6, 6.07) is 10.4. The standard InChI is InChI=1S/C22H18F3N5O2S/c1-12-7-8-14(9-13(12)2)30-19-15(10-26-30)20(32)29-21(28-19)33-11-18(31)27-17-6-4-3-5-16(17)22(23,24)25/h3-10H,11H2,1-2H3,(H,27,31)(H,28,29,32). The van der Waals surface area contributed by atoms with Crippen LogP contribution in [0.5, 0.6) is 0 Å². The molecule has 0 spiro atoms. The van der Waals surface area contributed by atoms with E-state index in [1.165, 1.54) is 29.1 Å². The zero-order chi connectivity index (χ0) is 23.8. The minimum absolute atomic E-state index is 0.150. The molecule has 0 fully saturated rings. The molecule has 11 heteroatoms. The molecule has 4 aromatic rings. The van der Waals surface area contributed by atoms with Crippen molar-refractivity contribution in [3.63, 3.8) is 0 Å². The quantitative estimate of drug-likeness (QED) is 0.330. The third-order valence-corrected chi connectivity index (χ3v) is 5.87. The fourth-order valence-corrected chi connectivity index (χ4v) is 3.83. The molecule has 0 saturated carbocycles. The highest BCUT2D eigenvalue weighted by Crippen LogP contribution is 2.34. The maximum atomic E-state index is 13.1. The number of thioether (sulfide) groups is 1. The van der Waals surface area contributed by atoms with Gasteiger partial charge in [0.05, 0.1) is 28.9 Å². The molecule has 2 N–H and O–H groups in total. The molecule has 0 atom stereocenters. The summed E-state index contributed by atoms with van der Waals surface area (Å²) in [6.45, 7) is 3.94. The Kier molecular flexibility index (Phi) is 5.98. The minimum atomic E-state index is -4.60. The van der Waals surface area contributed by atoms with E-state index in [4.69, 9.17) is 0 Å². The molecule has 2 aromatic carbocycles. The highest BCUT2D eigenvalue weighted by atomic mass is 32.2. The van der Waals surface area contributed by atoms with Crippen molar-refractivity contribution in [3.05, 3.63) is 75.7 Å².